The smallest absolute Gasteiger partial charge is 0.405 e. The summed E-state index contributed by atoms with van der Waals surface area (Å²) in [7, 11) is 0. The predicted molar refractivity (Wildman–Crippen MR) is 78.1 cm³/mol. The number of carbonyl (C=O) groups is 1. The van der Waals surface area contributed by atoms with Gasteiger partial charge in [0.15, 0.2) is 11.6 Å². The number of carbonyl (C=O) groups excluding carboxylic acids is 1. The molecule has 1 aromatic carbocycles. The van der Waals surface area contributed by atoms with Crippen molar-refractivity contribution in [1.29, 1.82) is 0 Å². The first-order valence-electron chi connectivity index (χ1n) is 6.39. The van der Waals surface area contributed by atoms with Crippen LogP contribution in [0.25, 0.3) is 0 Å². The number of amides is 1. The van der Waals surface area contributed by atoms with Gasteiger partial charge in [-0.05, 0) is 41.3 Å². The van der Waals surface area contributed by atoms with E-state index in [1.807, 2.05) is 13.8 Å². The van der Waals surface area contributed by atoms with Gasteiger partial charge >= 0.3 is 6.09 Å². The van der Waals surface area contributed by atoms with Crippen LogP contribution in [0.4, 0.5) is 13.6 Å². The van der Waals surface area contributed by atoms with Crippen LogP contribution in [0.5, 0.6) is 5.75 Å². The first-order valence-corrected chi connectivity index (χ1v) is 7.18. The molecule has 0 aliphatic heterocycles. The Hall–Kier alpha value is -1.37. The van der Waals surface area contributed by atoms with Crippen molar-refractivity contribution in [3.63, 3.8) is 0 Å². The first kappa shape index (κ1) is 17.7. The van der Waals surface area contributed by atoms with Gasteiger partial charge in [-0.25, -0.2) is 13.6 Å². The lowest BCUT2D eigenvalue weighted by atomic mass is 9.95. The Labute approximate surface area is 130 Å². The number of hydrogen-bond donors (Lipinski definition) is 1. The molecule has 0 saturated heterocycles. The number of ether oxygens (including phenoxy) is 2. The van der Waals surface area contributed by atoms with Gasteiger partial charge in [0.25, 0.3) is 0 Å². The monoisotopic (exact) mass is 365 g/mol. The molecule has 1 amide bonds. The second kappa shape index (κ2) is 7.06. The molecule has 1 atom stereocenters. The minimum Gasteiger partial charge on any atom is -0.486 e. The highest BCUT2D eigenvalue weighted by molar-refractivity contribution is 9.10. The van der Waals surface area contributed by atoms with Gasteiger partial charge in [0.1, 0.15) is 18.0 Å². The lowest BCUT2D eigenvalue weighted by Gasteiger charge is -2.30. The summed E-state index contributed by atoms with van der Waals surface area (Å²) in [4.78, 5) is 11.0. The Kier molecular flexibility index (Phi) is 5.95. The number of hydrogen-bond acceptors (Lipinski definition) is 3. The normalized spacial score (nSPS) is 13.9. The van der Waals surface area contributed by atoms with Gasteiger partial charge in [0.2, 0.25) is 0 Å². The summed E-state index contributed by atoms with van der Waals surface area (Å²) in [5.41, 5.74) is 4.02. The van der Waals surface area contributed by atoms with Gasteiger partial charge in [-0.2, -0.15) is 0 Å². The van der Waals surface area contributed by atoms with Crippen molar-refractivity contribution >= 4 is 22.0 Å². The van der Waals surface area contributed by atoms with Crippen molar-refractivity contribution in [2.45, 2.75) is 32.8 Å². The van der Waals surface area contributed by atoms with E-state index in [9.17, 15) is 13.6 Å². The zero-order valence-corrected chi connectivity index (χ0v) is 13.7. The summed E-state index contributed by atoms with van der Waals surface area (Å²) in [6, 6.07) is 1.90. The number of benzene rings is 1. The molecule has 0 aliphatic rings. The zero-order chi connectivity index (χ0) is 16.2. The number of halogens is 3. The van der Waals surface area contributed by atoms with Crippen LogP contribution in [0.15, 0.2) is 16.6 Å². The Morgan fingerprint density at radius 3 is 2.52 bits per heavy atom. The zero-order valence-electron chi connectivity index (χ0n) is 12.1. The van der Waals surface area contributed by atoms with Crippen molar-refractivity contribution in [1.82, 2.24) is 0 Å². The molecule has 0 bridgehead atoms. The number of primary amides is 1. The van der Waals surface area contributed by atoms with E-state index in [0.717, 1.165) is 12.1 Å². The lowest BCUT2D eigenvalue weighted by molar-refractivity contribution is -0.0194. The summed E-state index contributed by atoms with van der Waals surface area (Å²) in [6.45, 7) is 5.36. The third kappa shape index (κ3) is 5.49. The molecular weight excluding hydrogens is 348 g/mol. The minimum atomic E-state index is -1.02. The van der Waals surface area contributed by atoms with Gasteiger partial charge < -0.3 is 15.2 Å². The molecule has 7 heteroatoms. The highest BCUT2D eigenvalue weighted by atomic mass is 79.9. The highest BCUT2D eigenvalue weighted by Gasteiger charge is 2.31. The average Bonchev–Trinajstić information content (AvgIpc) is 2.30. The van der Waals surface area contributed by atoms with Crippen molar-refractivity contribution < 1.29 is 23.0 Å². The number of rotatable bonds is 6. The molecule has 0 heterocycles. The third-order valence-corrected chi connectivity index (χ3v) is 3.30. The van der Waals surface area contributed by atoms with Crippen LogP contribution in [0, 0.1) is 17.6 Å². The molecule has 0 aromatic heterocycles. The van der Waals surface area contributed by atoms with Gasteiger partial charge in [-0.3, -0.25) is 0 Å². The fraction of sp³-hybridized carbons (Fsp3) is 0.500. The molecule has 4 nitrogen and oxygen atoms in total. The molecule has 21 heavy (non-hydrogen) atoms. The van der Waals surface area contributed by atoms with Crippen molar-refractivity contribution in [2.24, 2.45) is 11.7 Å². The van der Waals surface area contributed by atoms with Crippen LogP contribution in [0.1, 0.15) is 27.2 Å². The maximum Gasteiger partial charge on any atom is 0.405 e. The van der Waals surface area contributed by atoms with Crippen LogP contribution in [0.2, 0.25) is 0 Å². The van der Waals surface area contributed by atoms with Crippen LogP contribution in [0.3, 0.4) is 0 Å². The molecule has 0 fully saturated rings. The van der Waals surface area contributed by atoms with Gasteiger partial charge in [0.05, 0.1) is 4.47 Å². The SMILES string of the molecule is CC(C)CC(C)(COc1cc(F)c(Br)cc1F)OC(N)=O. The maximum atomic E-state index is 13.7. The van der Waals surface area contributed by atoms with Crippen LogP contribution in [-0.2, 0) is 4.74 Å². The highest BCUT2D eigenvalue weighted by Crippen LogP contribution is 2.28. The molecule has 2 N–H and O–H groups in total. The standard InChI is InChI=1S/C14H18BrF2NO3/c1-8(2)6-14(3,21-13(18)19)7-20-12-5-10(16)9(15)4-11(12)17/h4-5,8H,6-7H2,1-3H3,(H2,18,19). The summed E-state index contributed by atoms with van der Waals surface area (Å²) in [5.74, 6) is -1.41. The van der Waals surface area contributed by atoms with Crippen molar-refractivity contribution in [2.75, 3.05) is 6.61 Å². The topological polar surface area (TPSA) is 61.6 Å². The minimum absolute atomic E-state index is 0.00526. The van der Waals surface area contributed by atoms with E-state index in [2.05, 4.69) is 15.9 Å². The Bertz CT molecular complexity index is 525. The molecular formula is C14H18BrF2NO3. The molecule has 0 aliphatic carbocycles. The molecule has 1 rings (SSSR count). The largest absolute Gasteiger partial charge is 0.486 e. The van der Waals surface area contributed by atoms with Crippen molar-refractivity contribution in [3.05, 3.63) is 28.2 Å². The average molecular weight is 366 g/mol. The Morgan fingerprint density at radius 1 is 1.38 bits per heavy atom. The summed E-state index contributed by atoms with van der Waals surface area (Å²) in [5, 5.41) is 0. The molecule has 1 aromatic rings. The maximum absolute atomic E-state index is 13.7. The first-order chi connectivity index (χ1) is 9.63. The Morgan fingerprint density at radius 2 is 2.00 bits per heavy atom. The van der Waals surface area contributed by atoms with Crippen LogP contribution in [-0.4, -0.2) is 18.3 Å². The van der Waals surface area contributed by atoms with E-state index in [1.54, 1.807) is 6.92 Å². The predicted octanol–water partition coefficient (Wildman–Crippen LogP) is 4.01. The van der Waals surface area contributed by atoms with Crippen LogP contribution < -0.4 is 10.5 Å². The van der Waals surface area contributed by atoms with E-state index in [1.165, 1.54) is 0 Å². The van der Waals surface area contributed by atoms with E-state index in [0.29, 0.717) is 6.42 Å². The third-order valence-electron chi connectivity index (χ3n) is 2.69. The summed E-state index contributed by atoms with van der Waals surface area (Å²) in [6.07, 6.45) is -0.472. The molecule has 118 valence electrons. The second-order valence-corrected chi connectivity index (χ2v) is 6.31. The fourth-order valence-corrected chi connectivity index (χ4v) is 2.40. The summed E-state index contributed by atoms with van der Waals surface area (Å²) < 4.78 is 37.4. The molecule has 0 spiro atoms. The molecule has 0 radical (unpaired) electrons. The quantitative estimate of drug-likeness (QED) is 0.774. The Balaban J connectivity index is 2.86. The van der Waals surface area contributed by atoms with Crippen molar-refractivity contribution in [3.8, 4) is 5.75 Å². The van der Waals surface area contributed by atoms with Gasteiger partial charge in [0, 0.05) is 6.07 Å². The summed E-state index contributed by atoms with van der Waals surface area (Å²) >= 11 is 2.88. The lowest BCUT2D eigenvalue weighted by Crippen LogP contribution is -2.41. The van der Waals surface area contributed by atoms with Crippen LogP contribution >= 0.6 is 15.9 Å². The van der Waals surface area contributed by atoms with E-state index in [4.69, 9.17) is 15.2 Å². The molecule has 0 saturated carbocycles. The second-order valence-electron chi connectivity index (χ2n) is 5.45. The van der Waals surface area contributed by atoms with E-state index >= 15 is 0 Å². The van der Waals surface area contributed by atoms with E-state index < -0.39 is 23.3 Å². The number of nitrogens with two attached hydrogens (primary N) is 1. The van der Waals surface area contributed by atoms with E-state index in [-0.39, 0.29) is 22.7 Å². The molecule has 1 unspecified atom stereocenters. The fourth-order valence-electron chi connectivity index (χ4n) is 2.08. The van der Waals surface area contributed by atoms with Gasteiger partial charge in [-0.1, -0.05) is 13.8 Å². The van der Waals surface area contributed by atoms with Gasteiger partial charge in [-0.15, -0.1) is 0 Å².